The molecule has 5 heteroatoms. The molecule has 0 aromatic heterocycles. The summed E-state index contributed by atoms with van der Waals surface area (Å²) in [6.45, 7) is 1.50. The summed E-state index contributed by atoms with van der Waals surface area (Å²) in [5.74, 6) is 1.39. The third-order valence-corrected chi connectivity index (χ3v) is 1.09. The van der Waals surface area contributed by atoms with Crippen LogP contribution in [0.5, 0.6) is 0 Å². The Labute approximate surface area is 59.0 Å². The minimum atomic E-state index is -1.78. The van der Waals surface area contributed by atoms with E-state index >= 15 is 0 Å². The molecular weight excluding hydrogens is 133 g/mol. The highest BCUT2D eigenvalue weighted by Crippen LogP contribution is 1.93. The summed E-state index contributed by atoms with van der Waals surface area (Å²) >= 11 is 0. The first-order chi connectivity index (χ1) is 4.63. The van der Waals surface area contributed by atoms with Crippen LogP contribution in [0.3, 0.4) is 0 Å². The molecule has 0 saturated heterocycles. The topological polar surface area (TPSA) is 69.9 Å². The largest absolute Gasteiger partial charge is 0.502 e. The fourth-order valence-electron chi connectivity index (χ4n) is 0.434. The van der Waals surface area contributed by atoms with Crippen LogP contribution in [0.25, 0.3) is 0 Å². The molecule has 0 spiro atoms. The lowest BCUT2D eigenvalue weighted by Crippen LogP contribution is -2.21. The highest BCUT2D eigenvalue weighted by Gasteiger charge is 2.18. The van der Waals surface area contributed by atoms with Crippen molar-refractivity contribution >= 4 is 18.8 Å². The maximum atomic E-state index is 9.98. The molecule has 0 aliphatic carbocycles. The summed E-state index contributed by atoms with van der Waals surface area (Å²) in [4.78, 5) is 13.6. The standard InChI is InChI=1S/C5H8BNO3/c1-4(7-2)5(3-8)6(9)10/h9-10H,1-2H3/b7-4-. The summed E-state index contributed by atoms with van der Waals surface area (Å²) in [7, 11) is -0.323. The zero-order valence-electron chi connectivity index (χ0n) is 5.83. The molecule has 4 nitrogen and oxygen atoms in total. The molecule has 0 rings (SSSR count). The van der Waals surface area contributed by atoms with Crippen molar-refractivity contribution in [2.75, 3.05) is 7.05 Å². The van der Waals surface area contributed by atoms with Crippen molar-refractivity contribution in [3.8, 4) is 0 Å². The van der Waals surface area contributed by atoms with Crippen LogP contribution in [0, 0.1) is 0 Å². The second kappa shape index (κ2) is 4.01. The molecule has 0 heterocycles. The molecule has 0 saturated carbocycles. The molecule has 0 aliphatic rings. The number of hydrogen-bond acceptors (Lipinski definition) is 4. The third-order valence-electron chi connectivity index (χ3n) is 1.09. The van der Waals surface area contributed by atoms with Crippen LogP contribution >= 0.6 is 0 Å². The van der Waals surface area contributed by atoms with Crippen LogP contribution in [-0.4, -0.2) is 35.9 Å². The molecule has 0 amide bonds. The lowest BCUT2D eigenvalue weighted by Gasteiger charge is -1.97. The van der Waals surface area contributed by atoms with Crippen molar-refractivity contribution in [3.63, 3.8) is 0 Å². The van der Waals surface area contributed by atoms with Crippen LogP contribution in [0.4, 0.5) is 0 Å². The Morgan fingerprint density at radius 2 is 2.10 bits per heavy atom. The summed E-state index contributed by atoms with van der Waals surface area (Å²) < 4.78 is 0. The van der Waals surface area contributed by atoms with Gasteiger partial charge in [-0.1, -0.05) is 0 Å². The second-order valence-corrected chi connectivity index (χ2v) is 1.70. The van der Waals surface area contributed by atoms with Gasteiger partial charge >= 0.3 is 7.12 Å². The van der Waals surface area contributed by atoms with Crippen LogP contribution in [0.2, 0.25) is 0 Å². The van der Waals surface area contributed by atoms with Crippen molar-refractivity contribution in [2.45, 2.75) is 6.92 Å². The van der Waals surface area contributed by atoms with E-state index in [1.165, 1.54) is 19.9 Å². The zero-order valence-corrected chi connectivity index (χ0v) is 5.83. The Balaban J connectivity index is 4.56. The molecule has 0 aromatic carbocycles. The van der Waals surface area contributed by atoms with Gasteiger partial charge in [0.2, 0.25) is 0 Å². The molecule has 10 heavy (non-hydrogen) atoms. The van der Waals surface area contributed by atoms with Gasteiger partial charge in [-0.2, -0.15) is 0 Å². The Morgan fingerprint density at radius 3 is 2.20 bits per heavy atom. The molecule has 0 bridgehead atoms. The third kappa shape index (κ3) is 2.15. The van der Waals surface area contributed by atoms with Gasteiger partial charge in [-0.3, -0.25) is 4.99 Å². The molecule has 2 N–H and O–H groups in total. The first-order valence-corrected chi connectivity index (χ1v) is 2.68. The molecule has 0 aromatic rings. The highest BCUT2D eigenvalue weighted by molar-refractivity contribution is 6.61. The predicted molar refractivity (Wildman–Crippen MR) is 38.4 cm³/mol. The van der Waals surface area contributed by atoms with Crippen molar-refractivity contribution in [1.82, 2.24) is 0 Å². The lowest BCUT2D eigenvalue weighted by molar-refractivity contribution is 0.421. The van der Waals surface area contributed by atoms with Gasteiger partial charge in [0.15, 0.2) is 0 Å². The Morgan fingerprint density at radius 1 is 1.60 bits per heavy atom. The van der Waals surface area contributed by atoms with E-state index in [9.17, 15) is 4.79 Å². The summed E-state index contributed by atoms with van der Waals surface area (Å²) in [6, 6.07) is 0. The van der Waals surface area contributed by atoms with Gasteiger partial charge in [0.05, 0.1) is 5.47 Å². The van der Waals surface area contributed by atoms with Crippen LogP contribution in [0.1, 0.15) is 6.92 Å². The lowest BCUT2D eigenvalue weighted by atomic mass is 9.78. The Kier molecular flexibility index (Phi) is 3.65. The van der Waals surface area contributed by atoms with E-state index in [0.717, 1.165) is 0 Å². The average molecular weight is 141 g/mol. The number of aliphatic imine (C=N–C) groups is 1. The monoisotopic (exact) mass is 141 g/mol. The van der Waals surface area contributed by atoms with Gasteiger partial charge in [-0.25, -0.2) is 4.79 Å². The number of carbonyl (C=O) groups excluding carboxylic acids is 1. The van der Waals surface area contributed by atoms with Crippen LogP contribution < -0.4 is 0 Å². The number of rotatable bonds is 2. The van der Waals surface area contributed by atoms with Crippen molar-refractivity contribution < 1.29 is 14.8 Å². The first-order valence-electron chi connectivity index (χ1n) is 2.68. The van der Waals surface area contributed by atoms with E-state index < -0.39 is 7.12 Å². The second-order valence-electron chi connectivity index (χ2n) is 1.70. The van der Waals surface area contributed by atoms with Gasteiger partial charge in [-0.15, -0.1) is 0 Å². The maximum absolute atomic E-state index is 9.98. The summed E-state index contributed by atoms with van der Waals surface area (Å²) in [6.07, 6.45) is 0. The van der Waals surface area contributed by atoms with Gasteiger partial charge in [-0.05, 0) is 6.92 Å². The van der Waals surface area contributed by atoms with E-state index in [1.807, 2.05) is 0 Å². The summed E-state index contributed by atoms with van der Waals surface area (Å²) in [5, 5.41) is 17.0. The normalized spacial score (nSPS) is 10.6. The predicted octanol–water partition coefficient (Wildman–Crippen LogP) is -1.15. The summed E-state index contributed by atoms with van der Waals surface area (Å²) in [5.41, 5.74) is 0.0625. The number of hydrogen-bond donors (Lipinski definition) is 2. The molecule has 0 radical (unpaired) electrons. The molecule has 0 atom stereocenters. The van der Waals surface area contributed by atoms with Gasteiger partial charge in [0, 0.05) is 12.8 Å². The van der Waals surface area contributed by atoms with E-state index in [1.54, 1.807) is 0 Å². The van der Waals surface area contributed by atoms with Gasteiger partial charge in [0.25, 0.3) is 0 Å². The van der Waals surface area contributed by atoms with E-state index in [4.69, 9.17) is 10.0 Å². The van der Waals surface area contributed by atoms with E-state index in [0.29, 0.717) is 0 Å². The SMILES string of the molecule is C/N=C(/C)C(=C=O)B(O)O. The molecule has 0 unspecified atom stereocenters. The fourth-order valence-corrected chi connectivity index (χ4v) is 0.434. The molecular formula is C5H8BNO3. The van der Waals surface area contributed by atoms with Crippen LogP contribution in [-0.2, 0) is 4.79 Å². The minimum absolute atomic E-state index is 0.220. The zero-order chi connectivity index (χ0) is 8.15. The van der Waals surface area contributed by atoms with Crippen molar-refractivity contribution in [3.05, 3.63) is 5.47 Å². The first kappa shape index (κ1) is 9.10. The average Bonchev–Trinajstić information content (AvgIpc) is 1.88. The Hall–Kier alpha value is -0.895. The van der Waals surface area contributed by atoms with E-state index in [2.05, 4.69) is 4.99 Å². The van der Waals surface area contributed by atoms with E-state index in [-0.39, 0.29) is 11.2 Å². The van der Waals surface area contributed by atoms with Crippen molar-refractivity contribution in [1.29, 1.82) is 0 Å². The molecule has 0 fully saturated rings. The minimum Gasteiger partial charge on any atom is -0.423 e. The fraction of sp³-hybridized carbons (Fsp3) is 0.400. The molecule has 54 valence electrons. The molecule has 0 aliphatic heterocycles. The Bertz CT molecular complexity index is 193. The quantitative estimate of drug-likeness (QED) is 0.289. The maximum Gasteiger partial charge on any atom is 0.502 e. The van der Waals surface area contributed by atoms with Crippen molar-refractivity contribution in [2.24, 2.45) is 4.99 Å². The van der Waals surface area contributed by atoms with Gasteiger partial charge in [0.1, 0.15) is 5.94 Å². The van der Waals surface area contributed by atoms with Gasteiger partial charge < -0.3 is 10.0 Å². The highest BCUT2D eigenvalue weighted by atomic mass is 16.4. The smallest absolute Gasteiger partial charge is 0.423 e. The number of allylic oxidation sites excluding steroid dienone is 1. The van der Waals surface area contributed by atoms with Crippen LogP contribution in [0.15, 0.2) is 10.5 Å². The number of nitrogens with zero attached hydrogens (tertiary/aromatic N) is 1.